The van der Waals surface area contributed by atoms with Crippen molar-refractivity contribution in [2.45, 2.75) is 25.3 Å². The van der Waals surface area contributed by atoms with Gasteiger partial charge in [0, 0.05) is 18.7 Å². The molecule has 2 aromatic carbocycles. The van der Waals surface area contributed by atoms with Gasteiger partial charge in [-0.3, -0.25) is 4.90 Å². The molecule has 0 N–H and O–H groups in total. The second kappa shape index (κ2) is 7.33. The summed E-state index contributed by atoms with van der Waals surface area (Å²) in [7, 11) is 0. The predicted molar refractivity (Wildman–Crippen MR) is 93.3 cm³/mol. The maximum Gasteiger partial charge on any atom is 0.231 e. The van der Waals surface area contributed by atoms with Gasteiger partial charge in [-0.05, 0) is 61.3 Å². The molecule has 4 nitrogen and oxygen atoms in total. The number of halogens is 2. The Morgan fingerprint density at radius 2 is 1.69 bits per heavy atom. The Labute approximate surface area is 150 Å². The molecule has 6 heteroatoms. The summed E-state index contributed by atoms with van der Waals surface area (Å²) >= 11 is 0. The molecule has 0 saturated carbocycles. The van der Waals surface area contributed by atoms with Crippen LogP contribution in [0, 0.1) is 11.6 Å². The van der Waals surface area contributed by atoms with Gasteiger partial charge in [0.05, 0.1) is 5.92 Å². The van der Waals surface area contributed by atoms with Crippen LogP contribution in [0.3, 0.4) is 0 Å². The fourth-order valence-electron chi connectivity index (χ4n) is 3.37. The number of aromatic nitrogens is 2. The molecule has 1 aliphatic heterocycles. The van der Waals surface area contributed by atoms with E-state index >= 15 is 0 Å². The third-order valence-corrected chi connectivity index (χ3v) is 4.72. The highest BCUT2D eigenvalue weighted by Crippen LogP contribution is 2.28. The molecule has 4 rings (SSSR count). The molecule has 1 fully saturated rings. The minimum Gasteiger partial charge on any atom is -0.339 e. The average molecular weight is 355 g/mol. The maximum absolute atomic E-state index is 13.1. The first-order chi connectivity index (χ1) is 12.7. The molecule has 2 heterocycles. The summed E-state index contributed by atoms with van der Waals surface area (Å²) in [6.45, 7) is 2.59. The number of nitrogens with zero attached hydrogens (tertiary/aromatic N) is 3. The minimum atomic E-state index is -0.291. The van der Waals surface area contributed by atoms with E-state index in [1.807, 2.05) is 12.1 Å². The second-order valence-electron chi connectivity index (χ2n) is 6.66. The van der Waals surface area contributed by atoms with E-state index in [2.05, 4.69) is 15.0 Å². The fourth-order valence-corrected chi connectivity index (χ4v) is 3.37. The van der Waals surface area contributed by atoms with E-state index in [4.69, 9.17) is 4.52 Å². The summed E-state index contributed by atoms with van der Waals surface area (Å²) in [5.74, 6) is 0.764. The van der Waals surface area contributed by atoms with Crippen molar-refractivity contribution in [3.8, 4) is 11.4 Å². The molecule has 1 atom stereocenters. The van der Waals surface area contributed by atoms with E-state index in [0.29, 0.717) is 11.7 Å². The number of hydrogen-bond donors (Lipinski definition) is 0. The van der Waals surface area contributed by atoms with Crippen molar-refractivity contribution < 1.29 is 13.3 Å². The molecule has 26 heavy (non-hydrogen) atoms. The number of rotatable bonds is 4. The highest BCUT2D eigenvalue weighted by atomic mass is 19.1. The largest absolute Gasteiger partial charge is 0.339 e. The molecule has 0 radical (unpaired) electrons. The normalized spacial score (nSPS) is 18.2. The standard InChI is InChI=1S/C20H19F2N3O/c21-17-7-3-14(4-8-17)12-25-11-1-2-16(13-25)20-23-19(24-26-20)15-5-9-18(22)10-6-15/h3-10,16H,1-2,11-13H2. The minimum absolute atomic E-state index is 0.172. The smallest absolute Gasteiger partial charge is 0.231 e. The predicted octanol–water partition coefficient (Wildman–Crippen LogP) is 4.39. The van der Waals surface area contributed by atoms with Crippen molar-refractivity contribution in [2.24, 2.45) is 0 Å². The first-order valence-electron chi connectivity index (χ1n) is 8.74. The Morgan fingerprint density at radius 3 is 2.42 bits per heavy atom. The molecule has 1 unspecified atom stereocenters. The lowest BCUT2D eigenvalue weighted by Gasteiger charge is -2.30. The van der Waals surface area contributed by atoms with Gasteiger partial charge in [-0.1, -0.05) is 17.3 Å². The van der Waals surface area contributed by atoms with Crippen LogP contribution >= 0.6 is 0 Å². The Kier molecular flexibility index (Phi) is 4.75. The van der Waals surface area contributed by atoms with Crippen molar-refractivity contribution in [1.29, 1.82) is 0 Å². The SMILES string of the molecule is Fc1ccc(CN2CCCC(c3nc(-c4ccc(F)cc4)no3)C2)cc1. The van der Waals surface area contributed by atoms with Gasteiger partial charge in [-0.25, -0.2) is 8.78 Å². The summed E-state index contributed by atoms with van der Waals surface area (Å²) < 4.78 is 31.6. The zero-order chi connectivity index (χ0) is 17.9. The number of hydrogen-bond acceptors (Lipinski definition) is 4. The second-order valence-corrected chi connectivity index (χ2v) is 6.66. The first-order valence-corrected chi connectivity index (χ1v) is 8.74. The van der Waals surface area contributed by atoms with E-state index in [1.54, 1.807) is 12.1 Å². The van der Waals surface area contributed by atoms with Crippen molar-refractivity contribution in [3.63, 3.8) is 0 Å². The van der Waals surface area contributed by atoms with E-state index in [-0.39, 0.29) is 17.6 Å². The number of likely N-dealkylation sites (tertiary alicyclic amines) is 1. The zero-order valence-corrected chi connectivity index (χ0v) is 14.2. The van der Waals surface area contributed by atoms with Crippen LogP contribution in [0.25, 0.3) is 11.4 Å². The van der Waals surface area contributed by atoms with Gasteiger partial charge in [0.1, 0.15) is 11.6 Å². The lowest BCUT2D eigenvalue weighted by molar-refractivity contribution is 0.180. The molecule has 3 aromatic rings. The van der Waals surface area contributed by atoms with E-state index in [1.165, 1.54) is 24.3 Å². The third kappa shape index (κ3) is 3.80. The maximum atomic E-state index is 13.1. The fraction of sp³-hybridized carbons (Fsp3) is 0.300. The summed E-state index contributed by atoms with van der Waals surface area (Å²) in [5.41, 5.74) is 1.82. The van der Waals surface area contributed by atoms with Crippen LogP contribution in [0.4, 0.5) is 8.78 Å². The van der Waals surface area contributed by atoms with Crippen molar-refractivity contribution in [1.82, 2.24) is 15.0 Å². The van der Waals surface area contributed by atoms with Crippen molar-refractivity contribution in [2.75, 3.05) is 13.1 Å². The van der Waals surface area contributed by atoms with Crippen LogP contribution in [0.15, 0.2) is 53.1 Å². The molecule has 1 aromatic heterocycles. The molecule has 134 valence electrons. The summed E-state index contributed by atoms with van der Waals surface area (Å²) in [6.07, 6.45) is 2.03. The van der Waals surface area contributed by atoms with E-state index in [0.717, 1.165) is 43.6 Å². The highest BCUT2D eigenvalue weighted by molar-refractivity contribution is 5.53. The van der Waals surface area contributed by atoms with Gasteiger partial charge in [-0.2, -0.15) is 4.98 Å². The lowest BCUT2D eigenvalue weighted by Crippen LogP contribution is -2.34. The van der Waals surface area contributed by atoms with Gasteiger partial charge >= 0.3 is 0 Å². The quantitative estimate of drug-likeness (QED) is 0.696. The Morgan fingerprint density at radius 1 is 1.00 bits per heavy atom. The average Bonchev–Trinajstić information content (AvgIpc) is 3.15. The Bertz CT molecular complexity index is 862. The van der Waals surface area contributed by atoms with Gasteiger partial charge in [0.25, 0.3) is 0 Å². The van der Waals surface area contributed by atoms with Crippen LogP contribution in [0.2, 0.25) is 0 Å². The molecule has 0 spiro atoms. The van der Waals surface area contributed by atoms with Crippen molar-refractivity contribution >= 4 is 0 Å². The van der Waals surface area contributed by atoms with Crippen LogP contribution in [-0.4, -0.2) is 28.1 Å². The lowest BCUT2D eigenvalue weighted by atomic mass is 9.97. The molecular weight excluding hydrogens is 336 g/mol. The summed E-state index contributed by atoms with van der Waals surface area (Å²) in [4.78, 5) is 6.83. The van der Waals surface area contributed by atoms with Gasteiger partial charge < -0.3 is 4.52 Å². The first kappa shape index (κ1) is 16.8. The molecule has 1 saturated heterocycles. The van der Waals surface area contributed by atoms with Crippen LogP contribution in [0.1, 0.15) is 30.2 Å². The molecule has 0 bridgehead atoms. The summed E-state index contributed by atoms with van der Waals surface area (Å²) in [5, 5.41) is 4.04. The van der Waals surface area contributed by atoms with E-state index in [9.17, 15) is 8.78 Å². The number of piperidine rings is 1. The summed E-state index contributed by atoms with van der Waals surface area (Å²) in [6, 6.07) is 12.7. The molecule has 1 aliphatic rings. The third-order valence-electron chi connectivity index (χ3n) is 4.72. The van der Waals surface area contributed by atoms with Gasteiger partial charge in [0.15, 0.2) is 0 Å². The van der Waals surface area contributed by atoms with Crippen molar-refractivity contribution in [3.05, 3.63) is 71.6 Å². The van der Waals surface area contributed by atoms with Gasteiger partial charge in [0.2, 0.25) is 11.7 Å². The molecule has 0 amide bonds. The van der Waals surface area contributed by atoms with Crippen LogP contribution in [0.5, 0.6) is 0 Å². The zero-order valence-electron chi connectivity index (χ0n) is 14.2. The highest BCUT2D eigenvalue weighted by Gasteiger charge is 2.26. The van der Waals surface area contributed by atoms with Crippen LogP contribution < -0.4 is 0 Å². The Balaban J connectivity index is 1.44. The molecule has 0 aliphatic carbocycles. The Hall–Kier alpha value is -2.60. The molecular formula is C20H19F2N3O. The van der Waals surface area contributed by atoms with Crippen LogP contribution in [-0.2, 0) is 6.54 Å². The topological polar surface area (TPSA) is 42.2 Å². The number of benzene rings is 2. The monoisotopic (exact) mass is 355 g/mol. The van der Waals surface area contributed by atoms with E-state index < -0.39 is 0 Å². The van der Waals surface area contributed by atoms with Gasteiger partial charge in [-0.15, -0.1) is 0 Å².